The summed E-state index contributed by atoms with van der Waals surface area (Å²) in [6, 6.07) is 2.01. The first kappa shape index (κ1) is 16.3. The molecule has 0 bridgehead atoms. The van der Waals surface area contributed by atoms with Gasteiger partial charge in [0.15, 0.2) is 5.65 Å². The van der Waals surface area contributed by atoms with E-state index in [-0.39, 0.29) is 11.0 Å². The molecule has 0 radical (unpaired) electrons. The van der Waals surface area contributed by atoms with Gasteiger partial charge in [0, 0.05) is 24.0 Å². The number of halogens is 1. The van der Waals surface area contributed by atoms with Crippen LogP contribution in [-0.2, 0) is 12.0 Å². The quantitative estimate of drug-likeness (QED) is 0.767. The van der Waals surface area contributed by atoms with Gasteiger partial charge in [0.2, 0.25) is 0 Å². The summed E-state index contributed by atoms with van der Waals surface area (Å²) in [7, 11) is 0. The summed E-state index contributed by atoms with van der Waals surface area (Å²) in [6.45, 7) is 13.4. The first-order valence-corrected chi connectivity index (χ1v) is 8.08. The van der Waals surface area contributed by atoms with Crippen molar-refractivity contribution in [3.63, 3.8) is 0 Å². The van der Waals surface area contributed by atoms with Crippen LogP contribution in [0.15, 0.2) is 12.3 Å². The van der Waals surface area contributed by atoms with Gasteiger partial charge in [0.25, 0.3) is 0 Å². The van der Waals surface area contributed by atoms with Gasteiger partial charge in [-0.25, -0.2) is 9.97 Å². The molecular formula is C17H26ClN3. The van der Waals surface area contributed by atoms with Crippen LogP contribution in [0, 0.1) is 12.3 Å². The van der Waals surface area contributed by atoms with Crippen molar-refractivity contribution in [2.45, 2.75) is 59.9 Å². The van der Waals surface area contributed by atoms with Crippen LogP contribution in [0.1, 0.15) is 52.4 Å². The Labute approximate surface area is 132 Å². The van der Waals surface area contributed by atoms with E-state index in [0.717, 1.165) is 29.8 Å². The van der Waals surface area contributed by atoms with Gasteiger partial charge in [-0.2, -0.15) is 0 Å². The highest BCUT2D eigenvalue weighted by atomic mass is 35.5. The Kier molecular flexibility index (Phi) is 4.34. The summed E-state index contributed by atoms with van der Waals surface area (Å²) in [5, 5.41) is 0. The SMILES string of the molecule is Cc1ccnc2c1nc(CCCl)n2C(C)(C)CC(C)(C)C. The molecule has 0 amide bonds. The average molecular weight is 308 g/mol. The molecule has 4 heteroatoms. The largest absolute Gasteiger partial charge is 0.307 e. The molecule has 0 aliphatic heterocycles. The highest BCUT2D eigenvalue weighted by Gasteiger charge is 2.31. The van der Waals surface area contributed by atoms with E-state index in [0.29, 0.717) is 5.88 Å². The minimum Gasteiger partial charge on any atom is -0.307 e. The standard InChI is InChI=1S/C17H26ClN3/c1-12-8-10-19-15-14(12)20-13(7-9-18)21(15)17(5,6)11-16(2,3)4/h8,10H,7,9,11H2,1-6H3. The zero-order valence-corrected chi connectivity index (χ0v) is 14.8. The molecule has 3 nitrogen and oxygen atoms in total. The zero-order chi connectivity index (χ0) is 15.8. The third-order valence-corrected chi connectivity index (χ3v) is 3.89. The van der Waals surface area contributed by atoms with Crippen molar-refractivity contribution in [1.82, 2.24) is 14.5 Å². The Morgan fingerprint density at radius 1 is 1.19 bits per heavy atom. The molecular weight excluding hydrogens is 282 g/mol. The van der Waals surface area contributed by atoms with Gasteiger partial charge in [0.05, 0.1) is 0 Å². The Morgan fingerprint density at radius 3 is 2.43 bits per heavy atom. The first-order chi connectivity index (χ1) is 9.65. The fraction of sp³-hybridized carbons (Fsp3) is 0.647. The first-order valence-electron chi connectivity index (χ1n) is 7.55. The lowest BCUT2D eigenvalue weighted by atomic mass is 9.81. The fourth-order valence-corrected chi connectivity index (χ4v) is 3.57. The van der Waals surface area contributed by atoms with Crippen LogP contribution >= 0.6 is 11.6 Å². The Bertz CT molecular complexity index is 635. The number of nitrogens with zero attached hydrogens (tertiary/aromatic N) is 3. The molecule has 0 aliphatic carbocycles. The molecule has 2 aromatic heterocycles. The van der Waals surface area contributed by atoms with Crippen molar-refractivity contribution in [3.8, 4) is 0 Å². The van der Waals surface area contributed by atoms with E-state index in [1.807, 2.05) is 12.3 Å². The second-order valence-electron chi connectivity index (χ2n) is 7.65. The van der Waals surface area contributed by atoms with Gasteiger partial charge in [-0.15, -0.1) is 11.6 Å². The summed E-state index contributed by atoms with van der Waals surface area (Å²) in [5.41, 5.74) is 3.34. The minimum absolute atomic E-state index is 0.0464. The van der Waals surface area contributed by atoms with Crippen LogP contribution in [0.2, 0.25) is 0 Å². The molecule has 0 saturated carbocycles. The molecule has 2 heterocycles. The second-order valence-corrected chi connectivity index (χ2v) is 8.03. The van der Waals surface area contributed by atoms with Crippen LogP contribution in [0.4, 0.5) is 0 Å². The number of rotatable bonds is 4. The number of hydrogen-bond donors (Lipinski definition) is 0. The van der Waals surface area contributed by atoms with E-state index in [1.54, 1.807) is 0 Å². The van der Waals surface area contributed by atoms with Crippen molar-refractivity contribution in [2.24, 2.45) is 5.41 Å². The molecule has 2 aromatic rings. The van der Waals surface area contributed by atoms with E-state index < -0.39 is 0 Å². The Hall–Kier alpha value is -1.09. The normalized spacial score (nSPS) is 13.1. The number of hydrogen-bond acceptors (Lipinski definition) is 2. The lowest BCUT2D eigenvalue weighted by molar-refractivity contribution is 0.214. The number of alkyl halides is 1. The summed E-state index contributed by atoms with van der Waals surface area (Å²) in [4.78, 5) is 9.41. The van der Waals surface area contributed by atoms with Crippen molar-refractivity contribution in [3.05, 3.63) is 23.7 Å². The van der Waals surface area contributed by atoms with Crippen LogP contribution in [0.5, 0.6) is 0 Å². The maximum atomic E-state index is 5.98. The fourth-order valence-electron chi connectivity index (χ4n) is 3.40. The smallest absolute Gasteiger partial charge is 0.160 e. The Morgan fingerprint density at radius 2 is 1.86 bits per heavy atom. The van der Waals surface area contributed by atoms with Crippen LogP contribution in [-0.4, -0.2) is 20.4 Å². The molecule has 0 fully saturated rings. The summed E-state index contributed by atoms with van der Waals surface area (Å²) in [6.07, 6.45) is 3.69. The monoisotopic (exact) mass is 307 g/mol. The lowest BCUT2D eigenvalue weighted by Gasteiger charge is -2.35. The summed E-state index contributed by atoms with van der Waals surface area (Å²) < 4.78 is 2.29. The third-order valence-electron chi connectivity index (χ3n) is 3.70. The molecule has 0 unspecified atom stereocenters. The van der Waals surface area contributed by atoms with Crippen LogP contribution in [0.3, 0.4) is 0 Å². The van der Waals surface area contributed by atoms with E-state index in [4.69, 9.17) is 16.6 Å². The molecule has 2 rings (SSSR count). The lowest BCUT2D eigenvalue weighted by Crippen LogP contribution is -2.33. The molecule has 116 valence electrons. The Balaban J connectivity index is 2.65. The van der Waals surface area contributed by atoms with E-state index in [2.05, 4.69) is 51.1 Å². The number of aromatic nitrogens is 3. The number of fused-ring (bicyclic) bond motifs is 1. The van der Waals surface area contributed by atoms with Crippen molar-refractivity contribution in [1.29, 1.82) is 0 Å². The second kappa shape index (κ2) is 5.60. The molecule has 0 saturated heterocycles. The number of imidazole rings is 1. The topological polar surface area (TPSA) is 30.7 Å². The molecule has 21 heavy (non-hydrogen) atoms. The zero-order valence-electron chi connectivity index (χ0n) is 14.0. The molecule has 0 atom stereocenters. The van der Waals surface area contributed by atoms with Gasteiger partial charge in [-0.3, -0.25) is 0 Å². The highest BCUT2D eigenvalue weighted by molar-refractivity contribution is 6.17. The molecule has 0 spiro atoms. The molecule has 0 aliphatic rings. The summed E-state index contributed by atoms with van der Waals surface area (Å²) in [5.74, 6) is 1.62. The van der Waals surface area contributed by atoms with Crippen LogP contribution < -0.4 is 0 Å². The van der Waals surface area contributed by atoms with Crippen molar-refractivity contribution >= 4 is 22.8 Å². The molecule has 0 N–H and O–H groups in total. The van der Waals surface area contributed by atoms with Gasteiger partial charge in [-0.05, 0) is 44.2 Å². The number of aryl methyl sites for hydroxylation is 2. The highest BCUT2D eigenvalue weighted by Crippen LogP contribution is 2.35. The van der Waals surface area contributed by atoms with Crippen molar-refractivity contribution in [2.75, 3.05) is 5.88 Å². The maximum Gasteiger partial charge on any atom is 0.160 e. The molecule has 0 aromatic carbocycles. The van der Waals surface area contributed by atoms with Gasteiger partial charge >= 0.3 is 0 Å². The van der Waals surface area contributed by atoms with Crippen LogP contribution in [0.25, 0.3) is 11.2 Å². The number of pyridine rings is 1. The average Bonchev–Trinajstić information content (AvgIpc) is 2.66. The van der Waals surface area contributed by atoms with E-state index in [1.165, 1.54) is 5.56 Å². The van der Waals surface area contributed by atoms with Gasteiger partial charge in [-0.1, -0.05) is 20.8 Å². The van der Waals surface area contributed by atoms with Gasteiger partial charge < -0.3 is 4.57 Å². The van der Waals surface area contributed by atoms with E-state index in [9.17, 15) is 0 Å². The van der Waals surface area contributed by atoms with E-state index >= 15 is 0 Å². The maximum absolute atomic E-state index is 5.98. The van der Waals surface area contributed by atoms with Crippen molar-refractivity contribution < 1.29 is 0 Å². The predicted molar refractivity (Wildman–Crippen MR) is 90.1 cm³/mol. The summed E-state index contributed by atoms with van der Waals surface area (Å²) >= 11 is 5.98. The minimum atomic E-state index is -0.0464. The predicted octanol–water partition coefficient (Wildman–Crippen LogP) is 4.69. The van der Waals surface area contributed by atoms with Gasteiger partial charge in [0.1, 0.15) is 11.3 Å². The third kappa shape index (κ3) is 3.39.